The number of pyridine rings is 1. The third-order valence-electron chi connectivity index (χ3n) is 5.27. The molecule has 1 amide bonds. The fourth-order valence-corrected chi connectivity index (χ4v) is 3.84. The van der Waals surface area contributed by atoms with Gasteiger partial charge >= 0.3 is 0 Å². The first kappa shape index (κ1) is 18.0. The van der Waals surface area contributed by atoms with Crippen LogP contribution in [0.15, 0.2) is 42.6 Å². The number of halogens is 2. The normalized spacial score (nSPS) is 22.7. The maximum absolute atomic E-state index is 13.7. The third kappa shape index (κ3) is 3.99. The lowest BCUT2D eigenvalue weighted by molar-refractivity contribution is 0.0438. The van der Waals surface area contributed by atoms with Crippen LogP contribution in [0.3, 0.4) is 0 Å². The molecule has 7 heteroatoms. The van der Waals surface area contributed by atoms with Crippen molar-refractivity contribution < 1.29 is 18.3 Å². The Hall–Kier alpha value is -2.38. The van der Waals surface area contributed by atoms with Gasteiger partial charge in [-0.05, 0) is 18.6 Å². The van der Waals surface area contributed by atoms with E-state index in [0.717, 1.165) is 19.5 Å². The van der Waals surface area contributed by atoms with E-state index in [9.17, 15) is 13.6 Å². The number of piperazine rings is 1. The number of hydrogen-bond acceptors (Lipinski definition) is 4. The molecule has 5 nitrogen and oxygen atoms in total. The first-order valence-corrected chi connectivity index (χ1v) is 9.10. The van der Waals surface area contributed by atoms with Crippen molar-refractivity contribution in [3.63, 3.8) is 0 Å². The van der Waals surface area contributed by atoms with Crippen molar-refractivity contribution in [3.05, 3.63) is 65.5 Å². The number of carbonyl (C=O) groups is 1. The van der Waals surface area contributed by atoms with Crippen molar-refractivity contribution in [3.8, 4) is 0 Å². The number of carbonyl (C=O) groups excluding carboxylic acids is 1. The quantitative estimate of drug-likeness (QED) is 0.773. The van der Waals surface area contributed by atoms with Crippen LogP contribution >= 0.6 is 0 Å². The molecule has 1 aromatic carbocycles. The van der Waals surface area contributed by atoms with Gasteiger partial charge in [-0.2, -0.15) is 4.39 Å². The molecule has 27 heavy (non-hydrogen) atoms. The summed E-state index contributed by atoms with van der Waals surface area (Å²) in [6, 6.07) is 9.53. The highest BCUT2D eigenvalue weighted by Gasteiger charge is 2.38. The largest absolute Gasteiger partial charge is 0.372 e. The van der Waals surface area contributed by atoms with Crippen LogP contribution < -0.4 is 0 Å². The summed E-state index contributed by atoms with van der Waals surface area (Å²) in [6.45, 7) is 2.97. The van der Waals surface area contributed by atoms with E-state index in [4.69, 9.17) is 4.74 Å². The van der Waals surface area contributed by atoms with Crippen molar-refractivity contribution in [1.82, 2.24) is 14.8 Å². The molecule has 2 aromatic rings. The van der Waals surface area contributed by atoms with Crippen molar-refractivity contribution in [2.45, 2.75) is 25.2 Å². The topological polar surface area (TPSA) is 45.7 Å². The van der Waals surface area contributed by atoms with Gasteiger partial charge in [0.15, 0.2) is 0 Å². The lowest BCUT2D eigenvalue weighted by Gasteiger charge is -2.37. The second kappa shape index (κ2) is 7.70. The minimum absolute atomic E-state index is 0.0167. The number of ether oxygens (including phenoxy) is 1. The molecule has 2 aliphatic heterocycles. The minimum atomic E-state index is -0.651. The summed E-state index contributed by atoms with van der Waals surface area (Å²) in [5.41, 5.74) is 0.875. The second-order valence-corrected chi connectivity index (χ2v) is 7.03. The summed E-state index contributed by atoms with van der Waals surface area (Å²) in [4.78, 5) is 20.2. The van der Waals surface area contributed by atoms with Gasteiger partial charge in [-0.25, -0.2) is 9.37 Å². The Morgan fingerprint density at radius 3 is 2.85 bits per heavy atom. The molecule has 4 rings (SSSR count). The van der Waals surface area contributed by atoms with Gasteiger partial charge in [0.2, 0.25) is 5.95 Å². The zero-order valence-electron chi connectivity index (χ0n) is 14.9. The van der Waals surface area contributed by atoms with Gasteiger partial charge < -0.3 is 9.64 Å². The highest BCUT2D eigenvalue weighted by Crippen LogP contribution is 2.26. The SMILES string of the molecule is O=C(c1ccnc(F)c1)N1CCN2C[C@H](OCc3ccccc3F)C[C@@H]2C1. The van der Waals surface area contributed by atoms with Crippen LogP contribution in [0.25, 0.3) is 0 Å². The molecule has 2 fully saturated rings. The molecule has 1 aromatic heterocycles. The second-order valence-electron chi connectivity index (χ2n) is 7.03. The van der Waals surface area contributed by atoms with Gasteiger partial charge in [-0.3, -0.25) is 9.69 Å². The Morgan fingerprint density at radius 1 is 1.19 bits per heavy atom. The predicted octanol–water partition coefficient (Wildman–Crippen LogP) is 2.48. The molecular weight excluding hydrogens is 352 g/mol. The average molecular weight is 373 g/mol. The van der Waals surface area contributed by atoms with E-state index in [2.05, 4.69) is 9.88 Å². The number of aromatic nitrogens is 1. The number of fused-ring (bicyclic) bond motifs is 1. The first-order valence-electron chi connectivity index (χ1n) is 9.10. The number of rotatable bonds is 4. The lowest BCUT2D eigenvalue weighted by Crippen LogP contribution is -2.52. The third-order valence-corrected chi connectivity index (χ3v) is 5.27. The molecule has 2 aliphatic rings. The van der Waals surface area contributed by atoms with Crippen molar-refractivity contribution in [2.24, 2.45) is 0 Å². The molecule has 0 saturated carbocycles. The Kier molecular flexibility index (Phi) is 5.13. The van der Waals surface area contributed by atoms with Gasteiger partial charge in [-0.15, -0.1) is 0 Å². The van der Waals surface area contributed by atoms with Crippen molar-refractivity contribution >= 4 is 5.91 Å². The van der Waals surface area contributed by atoms with E-state index in [0.29, 0.717) is 24.2 Å². The van der Waals surface area contributed by atoms with Crippen LogP contribution in [0, 0.1) is 11.8 Å². The number of benzene rings is 1. The Balaban J connectivity index is 1.34. The van der Waals surface area contributed by atoms with Gasteiger partial charge in [0.05, 0.1) is 12.7 Å². The van der Waals surface area contributed by atoms with Crippen LogP contribution in [-0.2, 0) is 11.3 Å². The summed E-state index contributed by atoms with van der Waals surface area (Å²) in [7, 11) is 0. The van der Waals surface area contributed by atoms with E-state index in [1.165, 1.54) is 24.4 Å². The zero-order chi connectivity index (χ0) is 18.8. The zero-order valence-corrected chi connectivity index (χ0v) is 14.9. The molecule has 0 spiro atoms. The van der Waals surface area contributed by atoms with Crippen LogP contribution in [0.5, 0.6) is 0 Å². The Labute approximate surface area is 156 Å². The Morgan fingerprint density at radius 2 is 2.04 bits per heavy atom. The molecular formula is C20H21F2N3O2. The molecule has 3 heterocycles. The van der Waals surface area contributed by atoms with Crippen LogP contribution in [0.1, 0.15) is 22.3 Å². The molecule has 2 saturated heterocycles. The van der Waals surface area contributed by atoms with E-state index in [1.807, 2.05) is 0 Å². The highest BCUT2D eigenvalue weighted by atomic mass is 19.1. The lowest BCUT2D eigenvalue weighted by atomic mass is 10.1. The standard InChI is InChI=1S/C20H21F2N3O2/c21-18-4-2-1-3-15(18)13-27-17-10-16-11-25(8-7-24(16)12-17)20(26)14-5-6-23-19(22)9-14/h1-6,9,16-17H,7-8,10-13H2/t16-,17-/m1/s1. The molecule has 0 radical (unpaired) electrons. The van der Waals surface area contributed by atoms with E-state index in [1.54, 1.807) is 23.1 Å². The minimum Gasteiger partial charge on any atom is -0.372 e. The molecule has 2 atom stereocenters. The Bertz CT molecular complexity index is 832. The van der Waals surface area contributed by atoms with Crippen LogP contribution in [-0.4, -0.2) is 59.0 Å². The first-order chi connectivity index (χ1) is 13.1. The predicted molar refractivity (Wildman–Crippen MR) is 95.1 cm³/mol. The number of nitrogens with zero attached hydrogens (tertiary/aromatic N) is 3. The van der Waals surface area contributed by atoms with Gasteiger partial charge in [0.1, 0.15) is 5.82 Å². The van der Waals surface area contributed by atoms with Crippen LogP contribution in [0.2, 0.25) is 0 Å². The van der Waals surface area contributed by atoms with Crippen LogP contribution in [0.4, 0.5) is 8.78 Å². The summed E-state index contributed by atoms with van der Waals surface area (Å²) in [5.74, 6) is -1.08. The molecule has 0 aliphatic carbocycles. The van der Waals surface area contributed by atoms with Crippen molar-refractivity contribution in [2.75, 3.05) is 26.2 Å². The fourth-order valence-electron chi connectivity index (χ4n) is 3.84. The molecule has 0 bridgehead atoms. The monoisotopic (exact) mass is 373 g/mol. The maximum atomic E-state index is 13.7. The van der Waals surface area contributed by atoms with Crippen molar-refractivity contribution in [1.29, 1.82) is 0 Å². The summed E-state index contributed by atoms with van der Waals surface area (Å²) >= 11 is 0. The summed E-state index contributed by atoms with van der Waals surface area (Å²) in [6.07, 6.45) is 2.12. The highest BCUT2D eigenvalue weighted by molar-refractivity contribution is 5.94. The molecule has 0 N–H and O–H groups in total. The number of hydrogen-bond donors (Lipinski definition) is 0. The van der Waals surface area contributed by atoms with E-state index < -0.39 is 5.95 Å². The van der Waals surface area contributed by atoms with Gasteiger partial charge in [-0.1, -0.05) is 18.2 Å². The maximum Gasteiger partial charge on any atom is 0.254 e. The van der Waals surface area contributed by atoms with E-state index >= 15 is 0 Å². The average Bonchev–Trinajstić information content (AvgIpc) is 3.09. The van der Waals surface area contributed by atoms with Gasteiger partial charge in [0.25, 0.3) is 5.91 Å². The van der Waals surface area contributed by atoms with Gasteiger partial charge in [0, 0.05) is 55.6 Å². The molecule has 142 valence electrons. The smallest absolute Gasteiger partial charge is 0.254 e. The van der Waals surface area contributed by atoms with E-state index in [-0.39, 0.29) is 30.5 Å². The molecule has 0 unspecified atom stereocenters. The summed E-state index contributed by atoms with van der Waals surface area (Å²) < 4.78 is 32.9. The fraction of sp³-hybridized carbons (Fsp3) is 0.400. The number of amides is 1. The summed E-state index contributed by atoms with van der Waals surface area (Å²) in [5, 5.41) is 0.